The highest BCUT2D eigenvalue weighted by Gasteiger charge is 2.05. The van der Waals surface area contributed by atoms with Gasteiger partial charge in [-0.15, -0.1) is 0 Å². The average Bonchev–Trinajstić information content (AvgIpc) is 2.18. The Morgan fingerprint density at radius 2 is 2.29 bits per heavy atom. The maximum Gasteiger partial charge on any atom is 0.164 e. The Morgan fingerprint density at radius 3 is 2.93 bits per heavy atom. The fraction of sp³-hybridized carbons (Fsp3) is 0.455. The number of methoxy groups -OCH3 is 1. The zero-order chi connectivity index (χ0) is 10.4. The van der Waals surface area contributed by atoms with Gasteiger partial charge in [0.15, 0.2) is 5.78 Å². The Labute approximate surface area is 84.1 Å². The molecule has 0 spiro atoms. The predicted molar refractivity (Wildman–Crippen MR) is 54.4 cm³/mol. The van der Waals surface area contributed by atoms with Crippen molar-refractivity contribution in [2.75, 3.05) is 13.7 Å². The lowest BCUT2D eigenvalue weighted by Crippen LogP contribution is -2.02. The van der Waals surface area contributed by atoms with E-state index in [0.29, 0.717) is 18.6 Å². The number of hydrogen-bond acceptors (Lipinski definition) is 3. The molecule has 0 bridgehead atoms. The first-order valence-electron chi connectivity index (χ1n) is 4.68. The molecule has 0 aliphatic rings. The zero-order valence-corrected chi connectivity index (χ0v) is 8.62. The number of Topliss-reactive ketones (excluding diaryl/α,β-unsaturated/α-hetero) is 1. The van der Waals surface area contributed by atoms with Crippen molar-refractivity contribution in [2.24, 2.45) is 0 Å². The molecule has 1 aromatic heterocycles. The predicted octanol–water partition coefficient (Wildman–Crippen LogP) is 2.00. The number of hydrogen-bond donors (Lipinski definition) is 0. The topological polar surface area (TPSA) is 39.2 Å². The van der Waals surface area contributed by atoms with Gasteiger partial charge in [-0.1, -0.05) is 0 Å². The number of ketones is 1. The summed E-state index contributed by atoms with van der Waals surface area (Å²) >= 11 is 0. The molecule has 1 aromatic rings. The first-order chi connectivity index (χ1) is 6.74. The summed E-state index contributed by atoms with van der Waals surface area (Å²) in [5.41, 5.74) is 1.71. The van der Waals surface area contributed by atoms with Gasteiger partial charge in [0.05, 0.1) is 0 Å². The third-order valence-corrected chi connectivity index (χ3v) is 1.95. The summed E-state index contributed by atoms with van der Waals surface area (Å²) in [7, 11) is 1.64. The van der Waals surface area contributed by atoms with Gasteiger partial charge in [0.1, 0.15) is 0 Å². The minimum absolute atomic E-state index is 0.137. The lowest BCUT2D eigenvalue weighted by molar-refractivity contribution is 0.0963. The quantitative estimate of drug-likeness (QED) is 0.530. The van der Waals surface area contributed by atoms with Crippen molar-refractivity contribution in [2.45, 2.75) is 19.8 Å². The smallest absolute Gasteiger partial charge is 0.164 e. The van der Waals surface area contributed by atoms with Crippen LogP contribution in [0.25, 0.3) is 0 Å². The van der Waals surface area contributed by atoms with Gasteiger partial charge in [0.2, 0.25) is 0 Å². The second kappa shape index (κ2) is 5.50. The summed E-state index contributed by atoms with van der Waals surface area (Å²) in [6.07, 6.45) is 4.65. The molecule has 0 aliphatic heterocycles. The monoisotopic (exact) mass is 193 g/mol. The minimum Gasteiger partial charge on any atom is -0.385 e. The van der Waals surface area contributed by atoms with Crippen LogP contribution in [0.15, 0.2) is 18.5 Å². The Balaban J connectivity index is 2.52. The van der Waals surface area contributed by atoms with Crippen molar-refractivity contribution in [3.63, 3.8) is 0 Å². The molecule has 0 N–H and O–H groups in total. The van der Waals surface area contributed by atoms with E-state index < -0.39 is 0 Å². The van der Waals surface area contributed by atoms with Crippen LogP contribution >= 0.6 is 0 Å². The minimum atomic E-state index is 0.137. The molecule has 0 atom stereocenters. The Kier molecular flexibility index (Phi) is 4.26. The Bertz CT molecular complexity index is 310. The first-order valence-corrected chi connectivity index (χ1v) is 4.68. The number of pyridine rings is 1. The highest BCUT2D eigenvalue weighted by atomic mass is 16.5. The van der Waals surface area contributed by atoms with Crippen molar-refractivity contribution in [1.82, 2.24) is 4.98 Å². The molecule has 1 heterocycles. The number of rotatable bonds is 5. The summed E-state index contributed by atoms with van der Waals surface area (Å²) in [4.78, 5) is 15.6. The number of aryl methyl sites for hydroxylation is 1. The van der Waals surface area contributed by atoms with E-state index in [4.69, 9.17) is 4.74 Å². The number of ether oxygens (including phenoxy) is 1. The first kappa shape index (κ1) is 10.9. The molecule has 0 aromatic carbocycles. The molecule has 3 nitrogen and oxygen atoms in total. The number of carbonyl (C=O) groups is 1. The van der Waals surface area contributed by atoms with Gasteiger partial charge >= 0.3 is 0 Å². The van der Waals surface area contributed by atoms with Crippen LogP contribution in [0.4, 0.5) is 0 Å². The molecular formula is C11H15NO2. The molecule has 0 amide bonds. The molecule has 0 radical (unpaired) electrons. The van der Waals surface area contributed by atoms with E-state index in [2.05, 4.69) is 4.98 Å². The van der Waals surface area contributed by atoms with Crippen LogP contribution in [0.5, 0.6) is 0 Å². The van der Waals surface area contributed by atoms with Crippen LogP contribution in [-0.4, -0.2) is 24.5 Å². The van der Waals surface area contributed by atoms with Crippen LogP contribution < -0.4 is 0 Å². The molecular weight excluding hydrogens is 178 g/mol. The zero-order valence-electron chi connectivity index (χ0n) is 8.62. The standard InChI is InChI=1S/C11H15NO2/c1-9-6-10(8-12-7-9)11(13)4-3-5-14-2/h6-8H,3-5H2,1-2H3. The van der Waals surface area contributed by atoms with Crippen LogP contribution in [0, 0.1) is 6.92 Å². The lowest BCUT2D eigenvalue weighted by atomic mass is 10.1. The van der Waals surface area contributed by atoms with E-state index in [1.807, 2.05) is 13.0 Å². The molecule has 0 saturated heterocycles. The highest BCUT2D eigenvalue weighted by molar-refractivity contribution is 5.95. The average molecular weight is 193 g/mol. The number of carbonyl (C=O) groups excluding carboxylic acids is 1. The van der Waals surface area contributed by atoms with Gasteiger partial charge in [0, 0.05) is 38.1 Å². The fourth-order valence-corrected chi connectivity index (χ4v) is 1.23. The second-order valence-corrected chi connectivity index (χ2v) is 3.27. The van der Waals surface area contributed by atoms with Crippen molar-refractivity contribution in [3.05, 3.63) is 29.6 Å². The second-order valence-electron chi connectivity index (χ2n) is 3.27. The van der Waals surface area contributed by atoms with Gasteiger partial charge in [-0.05, 0) is 25.0 Å². The van der Waals surface area contributed by atoms with Crippen molar-refractivity contribution in [3.8, 4) is 0 Å². The number of nitrogens with zero attached hydrogens (tertiary/aromatic N) is 1. The molecule has 14 heavy (non-hydrogen) atoms. The van der Waals surface area contributed by atoms with E-state index in [1.165, 1.54) is 0 Å². The van der Waals surface area contributed by atoms with Crippen molar-refractivity contribution in [1.29, 1.82) is 0 Å². The van der Waals surface area contributed by atoms with E-state index in [0.717, 1.165) is 12.0 Å². The van der Waals surface area contributed by atoms with Gasteiger partial charge in [-0.3, -0.25) is 9.78 Å². The molecule has 3 heteroatoms. The molecule has 0 unspecified atom stereocenters. The normalized spacial score (nSPS) is 10.1. The van der Waals surface area contributed by atoms with E-state index in [1.54, 1.807) is 19.5 Å². The van der Waals surface area contributed by atoms with Gasteiger partial charge in [0.25, 0.3) is 0 Å². The van der Waals surface area contributed by atoms with Crippen molar-refractivity contribution < 1.29 is 9.53 Å². The van der Waals surface area contributed by atoms with E-state index >= 15 is 0 Å². The highest BCUT2D eigenvalue weighted by Crippen LogP contribution is 2.06. The van der Waals surface area contributed by atoms with Gasteiger partial charge in [-0.2, -0.15) is 0 Å². The maximum absolute atomic E-state index is 11.6. The van der Waals surface area contributed by atoms with E-state index in [-0.39, 0.29) is 5.78 Å². The molecule has 1 rings (SSSR count). The third-order valence-electron chi connectivity index (χ3n) is 1.95. The number of aromatic nitrogens is 1. The maximum atomic E-state index is 11.6. The summed E-state index contributed by atoms with van der Waals surface area (Å²) in [5, 5.41) is 0. The van der Waals surface area contributed by atoms with Gasteiger partial charge < -0.3 is 4.74 Å². The van der Waals surface area contributed by atoms with Crippen molar-refractivity contribution >= 4 is 5.78 Å². The third kappa shape index (κ3) is 3.26. The SMILES string of the molecule is COCCCC(=O)c1cncc(C)c1. The van der Waals surface area contributed by atoms with Crippen LogP contribution in [0.1, 0.15) is 28.8 Å². The van der Waals surface area contributed by atoms with Crippen LogP contribution in [-0.2, 0) is 4.74 Å². The molecule has 0 aliphatic carbocycles. The van der Waals surface area contributed by atoms with E-state index in [9.17, 15) is 4.79 Å². The van der Waals surface area contributed by atoms with Crippen LogP contribution in [0.2, 0.25) is 0 Å². The fourth-order valence-electron chi connectivity index (χ4n) is 1.23. The largest absolute Gasteiger partial charge is 0.385 e. The summed E-state index contributed by atoms with van der Waals surface area (Å²) < 4.78 is 4.88. The van der Waals surface area contributed by atoms with Crippen LogP contribution in [0.3, 0.4) is 0 Å². The molecule has 0 saturated carbocycles. The van der Waals surface area contributed by atoms with Gasteiger partial charge in [-0.25, -0.2) is 0 Å². The summed E-state index contributed by atoms with van der Waals surface area (Å²) in [5.74, 6) is 0.137. The lowest BCUT2D eigenvalue weighted by Gasteiger charge is -2.01. The summed E-state index contributed by atoms with van der Waals surface area (Å²) in [6.45, 7) is 2.56. The molecule has 0 fully saturated rings. The molecule has 76 valence electrons. The Hall–Kier alpha value is -1.22. The summed E-state index contributed by atoms with van der Waals surface area (Å²) in [6, 6.07) is 1.86. The Morgan fingerprint density at radius 1 is 1.50 bits per heavy atom.